The van der Waals surface area contributed by atoms with Crippen molar-refractivity contribution in [2.75, 3.05) is 13.7 Å². The molecular formula is C29H28N2O5. The maximum absolute atomic E-state index is 12.4. The van der Waals surface area contributed by atoms with Gasteiger partial charge in [0.25, 0.3) is 5.91 Å². The van der Waals surface area contributed by atoms with Crippen LogP contribution in [0.5, 0.6) is 17.2 Å². The van der Waals surface area contributed by atoms with Crippen LogP contribution in [0.25, 0.3) is 6.08 Å². The Kier molecular flexibility index (Phi) is 9.66. The Hall–Kier alpha value is -4.57. The molecule has 7 heteroatoms. The second-order valence-corrected chi connectivity index (χ2v) is 7.91. The van der Waals surface area contributed by atoms with Crippen molar-refractivity contribution in [1.82, 2.24) is 5.32 Å². The number of carbonyl (C=O) groups excluding carboxylic acids is 2. The molecule has 0 aliphatic carbocycles. The van der Waals surface area contributed by atoms with E-state index in [0.717, 1.165) is 18.4 Å². The molecule has 0 spiro atoms. The van der Waals surface area contributed by atoms with Crippen LogP contribution >= 0.6 is 0 Å². The van der Waals surface area contributed by atoms with Crippen LogP contribution in [0.3, 0.4) is 0 Å². The lowest BCUT2D eigenvalue weighted by Gasteiger charge is -2.11. The van der Waals surface area contributed by atoms with E-state index in [9.17, 15) is 14.9 Å². The van der Waals surface area contributed by atoms with Gasteiger partial charge in [0.2, 0.25) is 0 Å². The second kappa shape index (κ2) is 13.4. The molecule has 0 unspecified atom stereocenters. The lowest BCUT2D eigenvalue weighted by Crippen LogP contribution is -2.23. The largest absolute Gasteiger partial charge is 0.493 e. The van der Waals surface area contributed by atoms with Crippen LogP contribution in [-0.4, -0.2) is 25.6 Å². The number of esters is 1. The molecular weight excluding hydrogens is 456 g/mol. The SMILES string of the molecule is CCCc1ccc(OCC(=O)Oc2ccc(/C=C(\C#N)C(=O)NCc3ccccc3)cc2OC)cc1. The molecule has 0 heterocycles. The molecule has 0 aliphatic heterocycles. The molecule has 1 amide bonds. The third kappa shape index (κ3) is 7.74. The predicted molar refractivity (Wildman–Crippen MR) is 136 cm³/mol. The van der Waals surface area contributed by atoms with Gasteiger partial charge < -0.3 is 19.5 Å². The molecule has 0 bridgehead atoms. The van der Waals surface area contributed by atoms with E-state index in [4.69, 9.17) is 14.2 Å². The minimum absolute atomic E-state index is 0.0592. The average molecular weight is 485 g/mol. The quantitative estimate of drug-likeness (QED) is 0.181. The summed E-state index contributed by atoms with van der Waals surface area (Å²) in [7, 11) is 1.44. The molecule has 36 heavy (non-hydrogen) atoms. The number of hydrogen-bond donors (Lipinski definition) is 1. The molecule has 0 radical (unpaired) electrons. The molecule has 3 rings (SSSR count). The summed E-state index contributed by atoms with van der Waals surface area (Å²) in [6.07, 6.45) is 3.49. The van der Waals surface area contributed by atoms with E-state index >= 15 is 0 Å². The Balaban J connectivity index is 1.60. The number of nitrogens with one attached hydrogen (secondary N) is 1. The van der Waals surface area contributed by atoms with Gasteiger partial charge in [0.1, 0.15) is 17.4 Å². The molecule has 0 saturated heterocycles. The van der Waals surface area contributed by atoms with Gasteiger partial charge >= 0.3 is 5.97 Å². The van der Waals surface area contributed by atoms with Crippen LogP contribution in [0.1, 0.15) is 30.0 Å². The summed E-state index contributed by atoms with van der Waals surface area (Å²) in [5.41, 5.74) is 2.62. The number of hydrogen-bond acceptors (Lipinski definition) is 6. The monoisotopic (exact) mass is 484 g/mol. The van der Waals surface area contributed by atoms with Crippen LogP contribution in [0.2, 0.25) is 0 Å². The number of rotatable bonds is 11. The summed E-state index contributed by atoms with van der Waals surface area (Å²) in [4.78, 5) is 24.7. The minimum atomic E-state index is -0.591. The standard InChI is InChI=1S/C29H28N2O5/c1-3-7-21-10-13-25(14-11-21)35-20-28(32)36-26-15-12-23(17-27(26)34-2)16-24(18-30)29(33)31-19-22-8-5-4-6-9-22/h4-6,8-17H,3,7,19-20H2,1-2H3,(H,31,33)/b24-16+. The normalized spacial score (nSPS) is 10.8. The van der Waals surface area contributed by atoms with Crippen LogP contribution in [0.4, 0.5) is 0 Å². The first-order chi connectivity index (χ1) is 17.5. The Morgan fingerprint density at radius 2 is 1.72 bits per heavy atom. The summed E-state index contributed by atoms with van der Waals surface area (Å²) in [5, 5.41) is 12.2. The molecule has 0 fully saturated rings. The van der Waals surface area contributed by atoms with Crippen molar-refractivity contribution in [3.8, 4) is 23.3 Å². The van der Waals surface area contributed by atoms with E-state index in [2.05, 4.69) is 12.2 Å². The fraction of sp³-hybridized carbons (Fsp3) is 0.207. The molecule has 184 valence electrons. The van der Waals surface area contributed by atoms with Crippen molar-refractivity contribution >= 4 is 18.0 Å². The maximum Gasteiger partial charge on any atom is 0.349 e. The topological polar surface area (TPSA) is 97.7 Å². The summed E-state index contributed by atoms with van der Waals surface area (Å²) in [6.45, 7) is 2.16. The Morgan fingerprint density at radius 3 is 2.39 bits per heavy atom. The van der Waals surface area contributed by atoms with Crippen molar-refractivity contribution in [2.24, 2.45) is 0 Å². The number of carbonyl (C=O) groups is 2. The lowest BCUT2D eigenvalue weighted by atomic mass is 10.1. The number of benzene rings is 3. The van der Waals surface area contributed by atoms with Crippen LogP contribution in [0, 0.1) is 11.3 Å². The van der Waals surface area contributed by atoms with Gasteiger partial charge in [-0.3, -0.25) is 4.79 Å². The highest BCUT2D eigenvalue weighted by Crippen LogP contribution is 2.29. The third-order valence-electron chi connectivity index (χ3n) is 5.20. The Labute approximate surface area is 210 Å². The van der Waals surface area contributed by atoms with Crippen molar-refractivity contribution in [3.63, 3.8) is 0 Å². The van der Waals surface area contributed by atoms with Gasteiger partial charge in [-0.05, 0) is 53.5 Å². The van der Waals surface area contributed by atoms with Gasteiger partial charge in [0.15, 0.2) is 18.1 Å². The van der Waals surface area contributed by atoms with Crippen LogP contribution in [-0.2, 0) is 22.6 Å². The molecule has 0 saturated carbocycles. The molecule has 1 N–H and O–H groups in total. The molecule has 3 aromatic carbocycles. The number of ether oxygens (including phenoxy) is 3. The van der Waals surface area contributed by atoms with E-state index in [0.29, 0.717) is 17.9 Å². The zero-order valence-corrected chi connectivity index (χ0v) is 20.3. The molecule has 0 aliphatic rings. The number of nitrogens with zero attached hydrogens (tertiary/aromatic N) is 1. The average Bonchev–Trinajstić information content (AvgIpc) is 2.91. The van der Waals surface area contributed by atoms with Gasteiger partial charge in [-0.1, -0.05) is 61.9 Å². The number of methoxy groups -OCH3 is 1. The molecule has 0 aromatic heterocycles. The first-order valence-electron chi connectivity index (χ1n) is 11.6. The fourth-order valence-electron chi connectivity index (χ4n) is 3.38. The lowest BCUT2D eigenvalue weighted by molar-refractivity contribution is -0.136. The van der Waals surface area contributed by atoms with Crippen molar-refractivity contribution in [3.05, 3.63) is 95.1 Å². The highest BCUT2D eigenvalue weighted by molar-refractivity contribution is 6.01. The van der Waals surface area contributed by atoms with Crippen molar-refractivity contribution < 1.29 is 23.8 Å². The van der Waals surface area contributed by atoms with Gasteiger partial charge in [-0.15, -0.1) is 0 Å². The van der Waals surface area contributed by atoms with E-state index in [1.165, 1.54) is 18.7 Å². The van der Waals surface area contributed by atoms with E-state index in [-0.39, 0.29) is 23.7 Å². The number of aryl methyl sites for hydroxylation is 1. The second-order valence-electron chi connectivity index (χ2n) is 7.91. The number of nitriles is 1. The summed E-state index contributed by atoms with van der Waals surface area (Å²) in [6, 6.07) is 23.7. The Bertz CT molecular complexity index is 1240. The molecule has 3 aromatic rings. The minimum Gasteiger partial charge on any atom is -0.493 e. The van der Waals surface area contributed by atoms with E-state index in [1.54, 1.807) is 18.2 Å². The zero-order chi connectivity index (χ0) is 25.8. The smallest absolute Gasteiger partial charge is 0.349 e. The third-order valence-corrected chi connectivity index (χ3v) is 5.20. The van der Waals surface area contributed by atoms with Crippen LogP contribution in [0.15, 0.2) is 78.4 Å². The zero-order valence-electron chi connectivity index (χ0n) is 20.3. The van der Waals surface area contributed by atoms with E-state index < -0.39 is 11.9 Å². The maximum atomic E-state index is 12.4. The summed E-state index contributed by atoms with van der Waals surface area (Å²) < 4.78 is 16.2. The van der Waals surface area contributed by atoms with Gasteiger partial charge in [-0.25, -0.2) is 4.79 Å². The highest BCUT2D eigenvalue weighted by Gasteiger charge is 2.13. The van der Waals surface area contributed by atoms with Crippen molar-refractivity contribution in [1.29, 1.82) is 5.26 Å². The van der Waals surface area contributed by atoms with Gasteiger partial charge in [0, 0.05) is 6.54 Å². The van der Waals surface area contributed by atoms with Crippen molar-refractivity contribution in [2.45, 2.75) is 26.3 Å². The predicted octanol–water partition coefficient (Wildman–Crippen LogP) is 4.86. The first kappa shape index (κ1) is 26.0. The van der Waals surface area contributed by atoms with Gasteiger partial charge in [0.05, 0.1) is 7.11 Å². The first-order valence-corrected chi connectivity index (χ1v) is 11.6. The molecule has 0 atom stereocenters. The van der Waals surface area contributed by atoms with Gasteiger partial charge in [-0.2, -0.15) is 5.26 Å². The molecule has 7 nitrogen and oxygen atoms in total. The van der Waals surface area contributed by atoms with Crippen LogP contribution < -0.4 is 19.5 Å². The highest BCUT2D eigenvalue weighted by atomic mass is 16.6. The number of amides is 1. The van der Waals surface area contributed by atoms with E-state index in [1.807, 2.05) is 60.7 Å². The Morgan fingerprint density at radius 1 is 0.972 bits per heavy atom. The summed E-state index contributed by atoms with van der Waals surface area (Å²) >= 11 is 0. The summed E-state index contributed by atoms with van der Waals surface area (Å²) in [5.74, 6) is -0.0201. The fourth-order valence-corrected chi connectivity index (χ4v) is 3.38.